The van der Waals surface area contributed by atoms with Crippen LogP contribution in [-0.2, 0) is 11.3 Å². The number of amides is 1. The molecule has 3 fully saturated rings. The molecule has 2 heterocycles. The molecule has 5 nitrogen and oxygen atoms in total. The maximum absolute atomic E-state index is 13.7. The molecule has 0 N–H and O–H groups in total. The molecular formula is C23H20F2N4O. The molecule has 1 unspecified atom stereocenters. The molecule has 1 aliphatic heterocycles. The molecule has 0 saturated heterocycles. The van der Waals surface area contributed by atoms with Crippen LogP contribution in [-0.4, -0.2) is 26.9 Å². The first-order valence-corrected chi connectivity index (χ1v) is 10.2. The largest absolute Gasteiger partial charge is 0.272 e. The van der Waals surface area contributed by atoms with Gasteiger partial charge in [0.2, 0.25) is 5.91 Å². The van der Waals surface area contributed by atoms with Crippen LogP contribution >= 0.6 is 0 Å². The van der Waals surface area contributed by atoms with Crippen molar-refractivity contribution >= 4 is 23.0 Å². The summed E-state index contributed by atoms with van der Waals surface area (Å²) in [5, 5.41) is 11.4. The number of para-hydroxylation sites is 1. The van der Waals surface area contributed by atoms with Crippen molar-refractivity contribution in [2.24, 2.45) is 15.9 Å². The van der Waals surface area contributed by atoms with Gasteiger partial charge in [0.1, 0.15) is 11.6 Å². The lowest BCUT2D eigenvalue weighted by Gasteiger charge is -2.69. The molecule has 4 aliphatic rings. The van der Waals surface area contributed by atoms with E-state index in [0.717, 1.165) is 42.8 Å². The van der Waals surface area contributed by atoms with Crippen LogP contribution in [0.1, 0.15) is 37.3 Å². The number of aromatic nitrogens is 2. The van der Waals surface area contributed by atoms with Gasteiger partial charge in [0.25, 0.3) is 0 Å². The highest BCUT2D eigenvalue weighted by Crippen LogP contribution is 2.74. The van der Waals surface area contributed by atoms with Crippen molar-refractivity contribution < 1.29 is 13.6 Å². The summed E-state index contributed by atoms with van der Waals surface area (Å²) >= 11 is 0. The highest BCUT2D eigenvalue weighted by molar-refractivity contribution is 5.88. The van der Waals surface area contributed by atoms with Gasteiger partial charge in [-0.1, -0.05) is 18.2 Å². The van der Waals surface area contributed by atoms with Crippen molar-refractivity contribution in [3.63, 3.8) is 0 Å². The molecule has 2 bridgehead atoms. The van der Waals surface area contributed by atoms with Crippen molar-refractivity contribution in [1.82, 2.24) is 14.8 Å². The van der Waals surface area contributed by atoms with Crippen LogP contribution in [0, 0.1) is 22.5 Å². The Labute approximate surface area is 172 Å². The standard InChI is InChI=1S/C23H20F2N4O/c24-17-7-16(8-18(25)9-17)20-5-6-26-29(20)21(30)23-11-22(12-23,13-23)14-28-19-4-2-1-3-15(19)10-27-28/h1-4,6-10,20H,5,11-14H2. The Balaban J connectivity index is 1.18. The Morgan fingerprint density at radius 2 is 1.83 bits per heavy atom. The maximum Gasteiger partial charge on any atom is 0.249 e. The Morgan fingerprint density at radius 3 is 2.60 bits per heavy atom. The van der Waals surface area contributed by atoms with E-state index in [1.54, 1.807) is 6.21 Å². The topological polar surface area (TPSA) is 50.5 Å². The first-order valence-electron chi connectivity index (χ1n) is 10.2. The molecule has 0 radical (unpaired) electrons. The van der Waals surface area contributed by atoms with Crippen molar-refractivity contribution in [3.8, 4) is 0 Å². The van der Waals surface area contributed by atoms with Crippen LogP contribution in [0.2, 0.25) is 0 Å². The molecular weight excluding hydrogens is 386 g/mol. The van der Waals surface area contributed by atoms with E-state index in [9.17, 15) is 13.6 Å². The lowest BCUT2D eigenvalue weighted by Crippen LogP contribution is -2.68. The summed E-state index contributed by atoms with van der Waals surface area (Å²) in [6.45, 7) is 0.803. The summed E-state index contributed by atoms with van der Waals surface area (Å²) < 4.78 is 29.4. The van der Waals surface area contributed by atoms with Crippen LogP contribution in [0.15, 0.2) is 53.8 Å². The second-order valence-electron chi connectivity index (χ2n) is 9.07. The highest BCUT2D eigenvalue weighted by atomic mass is 19.1. The van der Waals surface area contributed by atoms with E-state index in [2.05, 4.69) is 16.3 Å². The third-order valence-corrected chi connectivity index (χ3v) is 6.94. The minimum atomic E-state index is -0.639. The van der Waals surface area contributed by atoms with E-state index in [-0.39, 0.29) is 11.3 Å². The van der Waals surface area contributed by atoms with Crippen molar-refractivity contribution in [2.75, 3.05) is 0 Å². The molecule has 7 rings (SSSR count). The average molecular weight is 406 g/mol. The number of halogens is 2. The number of nitrogens with zero attached hydrogens (tertiary/aromatic N) is 4. The lowest BCUT2D eigenvalue weighted by molar-refractivity contribution is -0.223. The van der Waals surface area contributed by atoms with Crippen molar-refractivity contribution in [3.05, 3.63) is 65.9 Å². The van der Waals surface area contributed by atoms with E-state index in [0.29, 0.717) is 12.0 Å². The number of fused-ring (bicyclic) bond motifs is 1. The second-order valence-corrected chi connectivity index (χ2v) is 9.07. The maximum atomic E-state index is 13.7. The molecule has 3 saturated carbocycles. The first-order chi connectivity index (χ1) is 14.5. The Morgan fingerprint density at radius 1 is 1.10 bits per heavy atom. The fourth-order valence-electron chi connectivity index (χ4n) is 5.76. The third kappa shape index (κ3) is 2.47. The molecule has 1 atom stereocenters. The van der Waals surface area contributed by atoms with Gasteiger partial charge in [0, 0.05) is 30.6 Å². The quantitative estimate of drug-likeness (QED) is 0.643. The van der Waals surface area contributed by atoms with Crippen LogP contribution < -0.4 is 0 Å². The summed E-state index contributed by atoms with van der Waals surface area (Å²) in [6.07, 6.45) is 6.43. The normalized spacial score (nSPS) is 29.1. The zero-order valence-electron chi connectivity index (χ0n) is 16.3. The predicted octanol–water partition coefficient (Wildman–Crippen LogP) is 4.44. The zero-order chi connectivity index (χ0) is 20.5. The summed E-state index contributed by atoms with van der Waals surface area (Å²) in [4.78, 5) is 13.3. The van der Waals surface area contributed by atoms with Gasteiger partial charge in [0.05, 0.1) is 23.2 Å². The molecule has 3 aliphatic carbocycles. The molecule has 0 spiro atoms. The number of hydrogen-bond acceptors (Lipinski definition) is 3. The lowest BCUT2D eigenvalue weighted by atomic mass is 9.34. The molecule has 7 heteroatoms. The molecule has 1 aromatic heterocycles. The summed E-state index contributed by atoms with van der Waals surface area (Å²) in [6, 6.07) is 11.1. The molecule has 1 amide bonds. The fourth-order valence-corrected chi connectivity index (χ4v) is 5.76. The monoisotopic (exact) mass is 406 g/mol. The second kappa shape index (κ2) is 5.97. The van der Waals surface area contributed by atoms with Crippen molar-refractivity contribution in [1.29, 1.82) is 0 Å². The molecule has 152 valence electrons. The third-order valence-electron chi connectivity index (χ3n) is 6.94. The van der Waals surface area contributed by atoms with Gasteiger partial charge in [-0.25, -0.2) is 13.8 Å². The fraction of sp³-hybridized carbons (Fsp3) is 0.348. The smallest absolute Gasteiger partial charge is 0.249 e. The number of carbonyl (C=O) groups is 1. The van der Waals surface area contributed by atoms with E-state index < -0.39 is 23.1 Å². The van der Waals surface area contributed by atoms with Gasteiger partial charge in [-0.15, -0.1) is 0 Å². The SMILES string of the molecule is O=C(N1N=CCC1c1cc(F)cc(F)c1)C12CC(Cn3ncc4ccccc43)(C1)C2. The number of rotatable bonds is 4. The zero-order valence-corrected chi connectivity index (χ0v) is 16.3. The Kier molecular flexibility index (Phi) is 3.53. The van der Waals surface area contributed by atoms with Crippen LogP contribution in [0.4, 0.5) is 8.78 Å². The van der Waals surface area contributed by atoms with Crippen molar-refractivity contribution in [2.45, 2.75) is 38.3 Å². The minimum absolute atomic E-state index is 0.0295. The predicted molar refractivity (Wildman–Crippen MR) is 108 cm³/mol. The number of hydrazone groups is 1. The Hall–Kier alpha value is -3.09. The van der Waals surface area contributed by atoms with Gasteiger partial charge in [-0.2, -0.15) is 10.2 Å². The number of hydrogen-bond donors (Lipinski definition) is 0. The van der Waals surface area contributed by atoms with E-state index >= 15 is 0 Å². The van der Waals surface area contributed by atoms with Crippen LogP contribution in [0.5, 0.6) is 0 Å². The number of benzene rings is 2. The summed E-state index contributed by atoms with van der Waals surface area (Å²) in [7, 11) is 0. The van der Waals surface area contributed by atoms with Gasteiger partial charge in [-0.05, 0) is 48.4 Å². The molecule has 3 aromatic rings. The van der Waals surface area contributed by atoms with E-state index in [1.807, 2.05) is 29.1 Å². The molecule has 2 aromatic carbocycles. The van der Waals surface area contributed by atoms with Gasteiger partial charge < -0.3 is 0 Å². The van der Waals surface area contributed by atoms with Gasteiger partial charge in [-0.3, -0.25) is 9.48 Å². The van der Waals surface area contributed by atoms with E-state index in [1.165, 1.54) is 17.1 Å². The Bertz CT molecular complexity index is 1180. The minimum Gasteiger partial charge on any atom is -0.272 e. The molecule has 30 heavy (non-hydrogen) atoms. The summed E-state index contributed by atoms with van der Waals surface area (Å²) in [5.41, 5.74) is 1.27. The number of carbonyl (C=O) groups excluding carboxylic acids is 1. The average Bonchev–Trinajstić information content (AvgIpc) is 3.29. The van der Waals surface area contributed by atoms with Gasteiger partial charge >= 0.3 is 0 Å². The first kappa shape index (κ1) is 17.7. The summed E-state index contributed by atoms with van der Waals surface area (Å²) in [5.74, 6) is -1.31. The van der Waals surface area contributed by atoms with Crippen LogP contribution in [0.25, 0.3) is 10.9 Å². The van der Waals surface area contributed by atoms with E-state index in [4.69, 9.17) is 0 Å². The van der Waals surface area contributed by atoms with Crippen LogP contribution in [0.3, 0.4) is 0 Å². The highest BCUT2D eigenvalue weighted by Gasteiger charge is 2.72. The van der Waals surface area contributed by atoms with Gasteiger partial charge in [0.15, 0.2) is 0 Å².